The molecule has 1 aromatic rings. The van der Waals surface area contributed by atoms with E-state index >= 15 is 0 Å². The minimum atomic E-state index is -3.59. The Bertz CT molecular complexity index is 435. The molecule has 0 saturated heterocycles. The molecule has 4 nitrogen and oxygen atoms in total. The maximum atomic E-state index is 10.9. The highest BCUT2D eigenvalue weighted by atomic mass is 32.2. The Morgan fingerprint density at radius 2 is 1.80 bits per heavy atom. The van der Waals surface area contributed by atoms with Gasteiger partial charge in [0.05, 0.1) is 4.90 Å². The van der Waals surface area contributed by atoms with Gasteiger partial charge < -0.3 is 5.73 Å². The molecule has 0 radical (unpaired) electrons. The molecule has 0 bridgehead atoms. The van der Waals surface area contributed by atoms with Gasteiger partial charge in [0.1, 0.15) is 0 Å². The maximum absolute atomic E-state index is 10.9. The summed E-state index contributed by atoms with van der Waals surface area (Å²) in [5, 5.41) is 4.97. The largest absolute Gasteiger partial charge is 0.330 e. The SMILES string of the molecule is NCCC=Cc1ccc(S(N)(=O)=O)cc1. The third kappa shape index (κ3) is 3.83. The minimum Gasteiger partial charge on any atom is -0.330 e. The molecule has 15 heavy (non-hydrogen) atoms. The third-order valence-electron chi connectivity index (χ3n) is 1.85. The van der Waals surface area contributed by atoms with Crippen LogP contribution in [0.2, 0.25) is 0 Å². The lowest BCUT2D eigenvalue weighted by atomic mass is 10.2. The highest BCUT2D eigenvalue weighted by molar-refractivity contribution is 7.89. The summed E-state index contributed by atoms with van der Waals surface area (Å²) < 4.78 is 21.9. The Hall–Kier alpha value is -1.17. The number of hydrogen-bond donors (Lipinski definition) is 2. The van der Waals surface area contributed by atoms with Crippen LogP contribution in [0.15, 0.2) is 35.2 Å². The van der Waals surface area contributed by atoms with Crippen LogP contribution in [0.5, 0.6) is 0 Å². The van der Waals surface area contributed by atoms with Crippen LogP contribution < -0.4 is 10.9 Å². The molecule has 0 atom stereocenters. The molecule has 0 aliphatic heterocycles. The summed E-state index contributed by atoms with van der Waals surface area (Å²) in [4.78, 5) is 0.124. The number of nitrogens with two attached hydrogens (primary N) is 2. The van der Waals surface area contributed by atoms with Crippen molar-refractivity contribution in [2.24, 2.45) is 10.9 Å². The molecule has 0 saturated carbocycles. The van der Waals surface area contributed by atoms with Gasteiger partial charge in [0.2, 0.25) is 10.0 Å². The average molecular weight is 226 g/mol. The van der Waals surface area contributed by atoms with E-state index in [-0.39, 0.29) is 4.90 Å². The molecule has 0 aromatic heterocycles. The summed E-state index contributed by atoms with van der Waals surface area (Å²) in [7, 11) is -3.59. The van der Waals surface area contributed by atoms with Gasteiger partial charge in [-0.1, -0.05) is 24.3 Å². The topological polar surface area (TPSA) is 86.2 Å². The predicted octanol–water partition coefficient (Wildman–Crippen LogP) is 0.696. The lowest BCUT2D eigenvalue weighted by Gasteiger charge is -1.98. The van der Waals surface area contributed by atoms with Crippen molar-refractivity contribution < 1.29 is 8.42 Å². The van der Waals surface area contributed by atoms with Crippen molar-refractivity contribution in [1.82, 2.24) is 0 Å². The first-order chi connectivity index (χ1) is 7.04. The van der Waals surface area contributed by atoms with E-state index in [0.717, 1.165) is 12.0 Å². The second kappa shape index (κ2) is 5.06. The van der Waals surface area contributed by atoms with Crippen molar-refractivity contribution in [2.75, 3.05) is 6.54 Å². The zero-order valence-electron chi connectivity index (χ0n) is 8.26. The summed E-state index contributed by atoms with van der Waals surface area (Å²) in [6.07, 6.45) is 4.63. The van der Waals surface area contributed by atoms with E-state index in [9.17, 15) is 8.42 Å². The van der Waals surface area contributed by atoms with Crippen molar-refractivity contribution in [3.05, 3.63) is 35.9 Å². The quantitative estimate of drug-likeness (QED) is 0.792. The van der Waals surface area contributed by atoms with Crippen LogP contribution in [0.1, 0.15) is 12.0 Å². The van der Waals surface area contributed by atoms with Crippen LogP contribution >= 0.6 is 0 Å². The molecule has 5 heteroatoms. The number of sulfonamides is 1. The molecule has 1 aromatic carbocycles. The molecule has 0 amide bonds. The Labute approximate surface area is 89.6 Å². The second-order valence-corrected chi connectivity index (χ2v) is 4.66. The first kappa shape index (κ1) is 11.9. The van der Waals surface area contributed by atoms with E-state index < -0.39 is 10.0 Å². The van der Waals surface area contributed by atoms with Crippen molar-refractivity contribution in [3.8, 4) is 0 Å². The lowest BCUT2D eigenvalue weighted by Crippen LogP contribution is -2.11. The maximum Gasteiger partial charge on any atom is 0.238 e. The van der Waals surface area contributed by atoms with Gasteiger partial charge in [-0.15, -0.1) is 0 Å². The number of primary sulfonamides is 1. The molecule has 0 aliphatic rings. The summed E-state index contributed by atoms with van der Waals surface area (Å²) in [5.74, 6) is 0. The van der Waals surface area contributed by atoms with Gasteiger partial charge in [0, 0.05) is 0 Å². The van der Waals surface area contributed by atoms with Gasteiger partial charge in [0.25, 0.3) is 0 Å². The Balaban J connectivity index is 2.82. The fraction of sp³-hybridized carbons (Fsp3) is 0.200. The molecule has 0 unspecified atom stereocenters. The number of benzene rings is 1. The van der Waals surface area contributed by atoms with E-state index in [1.54, 1.807) is 12.1 Å². The predicted molar refractivity (Wildman–Crippen MR) is 60.5 cm³/mol. The fourth-order valence-corrected chi connectivity index (χ4v) is 1.60. The first-order valence-corrected chi connectivity index (χ1v) is 6.08. The lowest BCUT2D eigenvalue weighted by molar-refractivity contribution is 0.598. The van der Waals surface area contributed by atoms with Gasteiger partial charge in [-0.25, -0.2) is 13.6 Å². The normalized spacial score (nSPS) is 12.1. The molecule has 1 rings (SSSR count). The molecular formula is C10H14N2O2S. The number of hydrogen-bond acceptors (Lipinski definition) is 3. The van der Waals surface area contributed by atoms with E-state index in [1.165, 1.54) is 12.1 Å². The Morgan fingerprint density at radius 3 is 2.27 bits per heavy atom. The van der Waals surface area contributed by atoms with Crippen molar-refractivity contribution in [2.45, 2.75) is 11.3 Å². The fourth-order valence-electron chi connectivity index (χ4n) is 1.08. The molecule has 82 valence electrons. The smallest absolute Gasteiger partial charge is 0.238 e. The zero-order valence-corrected chi connectivity index (χ0v) is 9.07. The summed E-state index contributed by atoms with van der Waals surface area (Å²) in [5.41, 5.74) is 6.25. The highest BCUT2D eigenvalue weighted by Gasteiger charge is 2.05. The van der Waals surface area contributed by atoms with Crippen molar-refractivity contribution in [3.63, 3.8) is 0 Å². The van der Waals surface area contributed by atoms with Gasteiger partial charge in [-0.05, 0) is 30.7 Å². The molecule has 0 spiro atoms. The van der Waals surface area contributed by atoms with Crippen LogP contribution in [0.25, 0.3) is 6.08 Å². The van der Waals surface area contributed by atoms with E-state index in [0.29, 0.717) is 6.54 Å². The van der Waals surface area contributed by atoms with E-state index in [2.05, 4.69) is 0 Å². The van der Waals surface area contributed by atoms with Crippen LogP contribution in [-0.2, 0) is 10.0 Å². The van der Waals surface area contributed by atoms with Gasteiger partial charge in [-0.2, -0.15) is 0 Å². The molecule has 4 N–H and O–H groups in total. The molecule has 0 fully saturated rings. The minimum absolute atomic E-state index is 0.124. The van der Waals surface area contributed by atoms with Crippen molar-refractivity contribution in [1.29, 1.82) is 0 Å². The van der Waals surface area contributed by atoms with Crippen molar-refractivity contribution >= 4 is 16.1 Å². The molecular weight excluding hydrogens is 212 g/mol. The third-order valence-corrected chi connectivity index (χ3v) is 2.78. The average Bonchev–Trinajstić information content (AvgIpc) is 2.18. The summed E-state index contributed by atoms with van der Waals surface area (Å²) in [6, 6.07) is 6.37. The van der Waals surface area contributed by atoms with Crippen LogP contribution in [0.4, 0.5) is 0 Å². The Morgan fingerprint density at radius 1 is 1.20 bits per heavy atom. The molecule has 0 aliphatic carbocycles. The monoisotopic (exact) mass is 226 g/mol. The van der Waals surface area contributed by atoms with E-state index in [4.69, 9.17) is 10.9 Å². The molecule has 0 heterocycles. The first-order valence-electron chi connectivity index (χ1n) is 4.53. The summed E-state index contributed by atoms with van der Waals surface area (Å²) in [6.45, 7) is 0.603. The standard InChI is InChI=1S/C10H14N2O2S/c11-8-2-1-3-9-4-6-10(7-5-9)15(12,13)14/h1,3-7H,2,8,11H2,(H2,12,13,14). The van der Waals surface area contributed by atoms with Crippen LogP contribution in [0.3, 0.4) is 0 Å². The van der Waals surface area contributed by atoms with Gasteiger partial charge in [0.15, 0.2) is 0 Å². The zero-order chi connectivity index (χ0) is 11.3. The second-order valence-electron chi connectivity index (χ2n) is 3.09. The number of rotatable bonds is 4. The summed E-state index contributed by atoms with van der Waals surface area (Å²) >= 11 is 0. The van der Waals surface area contributed by atoms with Gasteiger partial charge in [-0.3, -0.25) is 0 Å². The van der Waals surface area contributed by atoms with Crippen LogP contribution in [0, 0.1) is 0 Å². The van der Waals surface area contributed by atoms with Gasteiger partial charge >= 0.3 is 0 Å². The van der Waals surface area contributed by atoms with E-state index in [1.807, 2.05) is 12.2 Å². The highest BCUT2D eigenvalue weighted by Crippen LogP contribution is 2.09. The Kier molecular flexibility index (Phi) is 4.02. The van der Waals surface area contributed by atoms with Crippen LogP contribution in [-0.4, -0.2) is 15.0 Å².